The van der Waals surface area contributed by atoms with Crippen LogP contribution in [0.3, 0.4) is 0 Å². The summed E-state index contributed by atoms with van der Waals surface area (Å²) in [5, 5.41) is 24.7. The molecule has 0 radical (unpaired) electrons. The molecule has 0 aromatic heterocycles. The first-order chi connectivity index (χ1) is 14.5. The molecule has 0 aliphatic carbocycles. The molecular weight excluding hydrogens is 380 g/mol. The molecule has 2 amide bonds. The van der Waals surface area contributed by atoms with E-state index < -0.39 is 6.04 Å². The zero-order valence-electron chi connectivity index (χ0n) is 16.4. The van der Waals surface area contributed by atoms with E-state index in [2.05, 4.69) is 10.6 Å². The Morgan fingerprint density at radius 1 is 0.833 bits per heavy atom. The van der Waals surface area contributed by atoms with Gasteiger partial charge in [-0.25, -0.2) is 0 Å². The van der Waals surface area contributed by atoms with E-state index in [4.69, 9.17) is 0 Å². The van der Waals surface area contributed by atoms with E-state index in [1.807, 2.05) is 36.4 Å². The highest BCUT2D eigenvalue weighted by atomic mass is 16.3. The lowest BCUT2D eigenvalue weighted by Crippen LogP contribution is -2.34. The second kappa shape index (κ2) is 10.1. The Bertz CT molecular complexity index is 991. The van der Waals surface area contributed by atoms with Crippen LogP contribution in [0.5, 0.6) is 11.5 Å². The lowest BCUT2D eigenvalue weighted by molar-refractivity contribution is -0.121. The molecule has 0 aliphatic rings. The number of nitrogens with one attached hydrogen (secondary N) is 2. The first-order valence-corrected chi connectivity index (χ1v) is 9.71. The third-order valence-electron chi connectivity index (χ3n) is 4.71. The topological polar surface area (TPSA) is 98.7 Å². The first-order valence-electron chi connectivity index (χ1n) is 9.71. The van der Waals surface area contributed by atoms with E-state index in [1.165, 1.54) is 12.1 Å². The van der Waals surface area contributed by atoms with E-state index in [1.54, 1.807) is 30.3 Å². The molecular formula is C24H24N2O4. The maximum atomic E-state index is 12.6. The summed E-state index contributed by atoms with van der Waals surface area (Å²) in [5.74, 6) is -0.800. The Kier molecular flexibility index (Phi) is 7.05. The van der Waals surface area contributed by atoms with Crippen molar-refractivity contribution in [2.45, 2.75) is 18.9 Å². The molecule has 0 bridgehead atoms. The molecule has 0 spiro atoms. The highest BCUT2D eigenvalue weighted by Gasteiger charge is 2.19. The minimum absolute atomic E-state index is 0.101. The van der Waals surface area contributed by atoms with Crippen LogP contribution in [0.15, 0.2) is 78.9 Å². The van der Waals surface area contributed by atoms with Gasteiger partial charge in [-0.2, -0.15) is 0 Å². The summed E-state index contributed by atoms with van der Waals surface area (Å²) in [4.78, 5) is 25.1. The maximum Gasteiger partial charge on any atom is 0.251 e. The summed E-state index contributed by atoms with van der Waals surface area (Å²) >= 11 is 0. The van der Waals surface area contributed by atoms with Gasteiger partial charge in [0, 0.05) is 12.1 Å². The van der Waals surface area contributed by atoms with Crippen molar-refractivity contribution in [3.8, 4) is 11.5 Å². The van der Waals surface area contributed by atoms with Crippen molar-refractivity contribution in [3.63, 3.8) is 0 Å². The second-order valence-electron chi connectivity index (χ2n) is 6.93. The fourth-order valence-corrected chi connectivity index (χ4v) is 3.10. The molecule has 1 atom stereocenters. The Balaban J connectivity index is 1.60. The molecule has 30 heavy (non-hydrogen) atoms. The van der Waals surface area contributed by atoms with Crippen LogP contribution >= 0.6 is 0 Å². The van der Waals surface area contributed by atoms with Crippen LogP contribution in [-0.2, 0) is 11.2 Å². The molecule has 6 heteroatoms. The average Bonchev–Trinajstić information content (AvgIpc) is 2.77. The van der Waals surface area contributed by atoms with Gasteiger partial charge in [0.05, 0.1) is 12.5 Å². The highest BCUT2D eigenvalue weighted by Crippen LogP contribution is 2.25. The number of carbonyl (C=O) groups excluding carboxylic acids is 2. The molecule has 154 valence electrons. The molecule has 1 unspecified atom stereocenters. The number of rotatable bonds is 8. The van der Waals surface area contributed by atoms with Gasteiger partial charge in [0.1, 0.15) is 0 Å². The monoisotopic (exact) mass is 404 g/mol. The predicted molar refractivity (Wildman–Crippen MR) is 114 cm³/mol. The molecule has 0 heterocycles. The summed E-state index contributed by atoms with van der Waals surface area (Å²) in [7, 11) is 0. The van der Waals surface area contributed by atoms with Crippen molar-refractivity contribution < 1.29 is 19.8 Å². The standard InChI is InChI=1S/C24H24N2O4/c27-21-12-11-17(15-22(21)28)13-14-25-23(29)16-20(18-7-3-1-4-8-18)26-24(30)19-9-5-2-6-10-19/h1-12,15,20,27-28H,13-14,16H2,(H,25,29)(H,26,30). The van der Waals surface area contributed by atoms with Crippen LogP contribution in [0.25, 0.3) is 0 Å². The Hall–Kier alpha value is -3.80. The average molecular weight is 404 g/mol. The Morgan fingerprint density at radius 3 is 2.17 bits per heavy atom. The van der Waals surface area contributed by atoms with Gasteiger partial charge in [0.15, 0.2) is 11.5 Å². The smallest absolute Gasteiger partial charge is 0.251 e. The van der Waals surface area contributed by atoms with Crippen LogP contribution < -0.4 is 10.6 Å². The van der Waals surface area contributed by atoms with Crippen LogP contribution in [0.4, 0.5) is 0 Å². The molecule has 6 nitrogen and oxygen atoms in total. The van der Waals surface area contributed by atoms with Gasteiger partial charge in [-0.15, -0.1) is 0 Å². The lowest BCUT2D eigenvalue weighted by atomic mass is 10.0. The Labute approximate surface area is 175 Å². The summed E-state index contributed by atoms with van der Waals surface area (Å²) in [6.45, 7) is 0.372. The Morgan fingerprint density at radius 2 is 1.50 bits per heavy atom. The van der Waals surface area contributed by atoms with Gasteiger partial charge in [-0.05, 0) is 41.8 Å². The minimum Gasteiger partial charge on any atom is -0.504 e. The highest BCUT2D eigenvalue weighted by molar-refractivity contribution is 5.94. The molecule has 0 aliphatic heterocycles. The summed E-state index contributed by atoms with van der Waals surface area (Å²) in [6, 6.07) is 22.4. The largest absolute Gasteiger partial charge is 0.504 e. The third-order valence-corrected chi connectivity index (χ3v) is 4.71. The third kappa shape index (κ3) is 5.85. The molecule has 4 N–H and O–H groups in total. The molecule has 0 fully saturated rings. The van der Waals surface area contributed by atoms with E-state index >= 15 is 0 Å². The number of carbonyl (C=O) groups is 2. The van der Waals surface area contributed by atoms with Gasteiger partial charge in [-0.3, -0.25) is 9.59 Å². The number of hydrogen-bond acceptors (Lipinski definition) is 4. The van der Waals surface area contributed by atoms with E-state index in [9.17, 15) is 19.8 Å². The first kappa shape index (κ1) is 20.9. The molecule has 0 saturated heterocycles. The summed E-state index contributed by atoms with van der Waals surface area (Å²) in [5.41, 5.74) is 2.17. The fraction of sp³-hybridized carbons (Fsp3) is 0.167. The number of phenolic OH excluding ortho intramolecular Hbond substituents is 2. The zero-order chi connectivity index (χ0) is 21.3. The second-order valence-corrected chi connectivity index (χ2v) is 6.93. The van der Waals surface area contributed by atoms with E-state index in [0.717, 1.165) is 11.1 Å². The quantitative estimate of drug-likeness (QED) is 0.433. The van der Waals surface area contributed by atoms with Gasteiger partial charge >= 0.3 is 0 Å². The van der Waals surface area contributed by atoms with Crippen molar-refractivity contribution in [2.24, 2.45) is 0 Å². The molecule has 3 aromatic rings. The van der Waals surface area contributed by atoms with E-state index in [0.29, 0.717) is 18.5 Å². The van der Waals surface area contributed by atoms with Crippen LogP contribution in [0, 0.1) is 0 Å². The fourth-order valence-electron chi connectivity index (χ4n) is 3.10. The number of benzene rings is 3. The van der Waals surface area contributed by atoms with Crippen molar-refractivity contribution >= 4 is 11.8 Å². The molecule has 0 saturated carbocycles. The maximum absolute atomic E-state index is 12.6. The predicted octanol–water partition coefficient (Wildman–Crippen LogP) is 3.32. The van der Waals surface area contributed by atoms with Crippen LogP contribution in [0.2, 0.25) is 0 Å². The number of phenols is 2. The minimum atomic E-state index is -0.461. The van der Waals surface area contributed by atoms with Crippen molar-refractivity contribution in [1.29, 1.82) is 0 Å². The number of aromatic hydroxyl groups is 2. The molecule has 3 rings (SSSR count). The van der Waals surface area contributed by atoms with Gasteiger partial charge in [0.25, 0.3) is 5.91 Å². The van der Waals surface area contributed by atoms with Gasteiger partial charge in [-0.1, -0.05) is 54.6 Å². The van der Waals surface area contributed by atoms with Crippen molar-refractivity contribution in [2.75, 3.05) is 6.54 Å². The van der Waals surface area contributed by atoms with E-state index in [-0.39, 0.29) is 29.7 Å². The summed E-state index contributed by atoms with van der Waals surface area (Å²) < 4.78 is 0. The van der Waals surface area contributed by atoms with Gasteiger partial charge < -0.3 is 20.8 Å². The summed E-state index contributed by atoms with van der Waals surface area (Å²) in [6.07, 6.45) is 0.607. The normalized spacial score (nSPS) is 11.5. The van der Waals surface area contributed by atoms with Crippen molar-refractivity contribution in [3.05, 3.63) is 95.6 Å². The lowest BCUT2D eigenvalue weighted by Gasteiger charge is -2.19. The molecule has 3 aromatic carbocycles. The number of amides is 2. The number of hydrogen-bond donors (Lipinski definition) is 4. The SMILES string of the molecule is O=C(CC(NC(=O)c1ccccc1)c1ccccc1)NCCc1ccc(O)c(O)c1. The van der Waals surface area contributed by atoms with Gasteiger partial charge in [0.2, 0.25) is 5.91 Å². The van der Waals surface area contributed by atoms with Crippen molar-refractivity contribution in [1.82, 2.24) is 10.6 Å². The van der Waals surface area contributed by atoms with Crippen LogP contribution in [0.1, 0.15) is 33.9 Å². The van der Waals surface area contributed by atoms with Crippen LogP contribution in [-0.4, -0.2) is 28.6 Å². The zero-order valence-corrected chi connectivity index (χ0v) is 16.4.